The Bertz CT molecular complexity index is 720. The number of piperazine rings is 1. The molecule has 2 fully saturated rings. The lowest BCUT2D eigenvalue weighted by molar-refractivity contribution is -0.244. The van der Waals surface area contributed by atoms with E-state index in [2.05, 4.69) is 20.3 Å². The van der Waals surface area contributed by atoms with Crippen LogP contribution in [-0.4, -0.2) is 90.8 Å². The molecule has 4 N–H and O–H groups in total. The van der Waals surface area contributed by atoms with Gasteiger partial charge < -0.3 is 25.4 Å². The molecule has 10 nitrogen and oxygen atoms in total. The summed E-state index contributed by atoms with van der Waals surface area (Å²) in [6.45, 7) is 2.26. The summed E-state index contributed by atoms with van der Waals surface area (Å²) in [5.74, 6) is -1.38. The van der Waals surface area contributed by atoms with Crippen molar-refractivity contribution in [2.45, 2.75) is 24.2 Å². The van der Waals surface area contributed by atoms with Gasteiger partial charge in [0, 0.05) is 26.2 Å². The molecular weight excluding hydrogens is 316 g/mol. The van der Waals surface area contributed by atoms with Crippen molar-refractivity contribution in [3.05, 3.63) is 18.9 Å². The standard InChI is InChI=1S/C14H20N6O4/c21-6-10-11(22)12(23)14(24-10,19-3-1-15-2-4-19)20-8-18-9-5-16-7-17-13(9)20/h5,7-8,10-12,15,21-23H,1-4,6H2/t10-,11-,12-,14?/m1/s1. The quantitative estimate of drug-likeness (QED) is 0.479. The Morgan fingerprint density at radius 1 is 1.29 bits per heavy atom. The molecule has 1 unspecified atom stereocenters. The molecule has 0 saturated carbocycles. The lowest BCUT2D eigenvalue weighted by Gasteiger charge is -2.44. The van der Waals surface area contributed by atoms with Crippen LogP contribution in [0.5, 0.6) is 0 Å². The van der Waals surface area contributed by atoms with E-state index < -0.39 is 30.8 Å². The van der Waals surface area contributed by atoms with E-state index in [0.29, 0.717) is 24.3 Å². The van der Waals surface area contributed by atoms with Crippen LogP contribution in [0.1, 0.15) is 0 Å². The van der Waals surface area contributed by atoms with Gasteiger partial charge in [-0.05, 0) is 0 Å². The monoisotopic (exact) mass is 336 g/mol. The van der Waals surface area contributed by atoms with Gasteiger partial charge >= 0.3 is 0 Å². The zero-order valence-electron chi connectivity index (χ0n) is 13.0. The van der Waals surface area contributed by atoms with E-state index in [1.165, 1.54) is 12.7 Å². The summed E-state index contributed by atoms with van der Waals surface area (Å²) in [5.41, 5.74) is 1.05. The van der Waals surface area contributed by atoms with Crippen LogP contribution in [0.15, 0.2) is 18.9 Å². The first-order valence-electron chi connectivity index (χ1n) is 7.92. The Labute approximate surface area is 137 Å². The second kappa shape index (κ2) is 5.99. The van der Waals surface area contributed by atoms with Crippen LogP contribution in [0, 0.1) is 0 Å². The minimum atomic E-state index is -1.38. The molecule has 2 aromatic rings. The molecule has 0 amide bonds. The number of ether oxygens (including phenoxy) is 1. The molecule has 130 valence electrons. The van der Waals surface area contributed by atoms with Gasteiger partial charge in [0.25, 0.3) is 0 Å². The van der Waals surface area contributed by atoms with Crippen molar-refractivity contribution < 1.29 is 20.1 Å². The van der Waals surface area contributed by atoms with Gasteiger partial charge in [0.05, 0.1) is 12.8 Å². The zero-order chi connectivity index (χ0) is 16.7. The molecule has 4 heterocycles. The van der Waals surface area contributed by atoms with Crippen molar-refractivity contribution in [1.29, 1.82) is 0 Å². The molecule has 2 aromatic heterocycles. The van der Waals surface area contributed by atoms with Gasteiger partial charge in [-0.3, -0.25) is 9.47 Å². The fourth-order valence-corrected chi connectivity index (χ4v) is 3.53. The van der Waals surface area contributed by atoms with E-state index in [4.69, 9.17) is 4.74 Å². The van der Waals surface area contributed by atoms with Crippen molar-refractivity contribution in [3.8, 4) is 0 Å². The molecular formula is C14H20N6O4. The van der Waals surface area contributed by atoms with Crippen LogP contribution in [0.2, 0.25) is 0 Å². The number of nitrogens with zero attached hydrogens (tertiary/aromatic N) is 5. The Morgan fingerprint density at radius 2 is 2.08 bits per heavy atom. The average molecular weight is 336 g/mol. The van der Waals surface area contributed by atoms with Gasteiger partial charge in [0.1, 0.15) is 36.5 Å². The molecule has 2 saturated heterocycles. The number of imidazole rings is 1. The highest BCUT2D eigenvalue weighted by atomic mass is 16.6. The van der Waals surface area contributed by atoms with Gasteiger partial charge in [-0.1, -0.05) is 0 Å². The first kappa shape index (κ1) is 15.8. The number of rotatable bonds is 3. The number of hydrogen-bond donors (Lipinski definition) is 4. The maximum Gasteiger partial charge on any atom is 0.237 e. The predicted octanol–water partition coefficient (Wildman–Crippen LogP) is -2.55. The summed E-state index contributed by atoms with van der Waals surface area (Å²) in [6.07, 6.45) is 1.12. The number of aliphatic hydroxyl groups is 3. The van der Waals surface area contributed by atoms with Gasteiger partial charge in [-0.15, -0.1) is 0 Å². The molecule has 0 radical (unpaired) electrons. The van der Waals surface area contributed by atoms with Crippen LogP contribution in [0.3, 0.4) is 0 Å². The Hall–Kier alpha value is -1.69. The number of nitrogens with one attached hydrogen (secondary N) is 1. The average Bonchev–Trinajstić information content (AvgIpc) is 3.17. The molecule has 24 heavy (non-hydrogen) atoms. The fourth-order valence-electron chi connectivity index (χ4n) is 3.53. The summed E-state index contributed by atoms with van der Waals surface area (Å²) < 4.78 is 7.65. The molecule has 10 heteroatoms. The van der Waals surface area contributed by atoms with Crippen LogP contribution in [-0.2, 0) is 10.6 Å². The Balaban J connectivity index is 1.87. The maximum atomic E-state index is 10.9. The summed E-state index contributed by atoms with van der Waals surface area (Å²) in [7, 11) is 0. The zero-order valence-corrected chi connectivity index (χ0v) is 13.0. The van der Waals surface area contributed by atoms with Crippen molar-refractivity contribution in [1.82, 2.24) is 29.7 Å². The first-order valence-corrected chi connectivity index (χ1v) is 7.92. The third-order valence-electron chi connectivity index (χ3n) is 4.72. The minimum Gasteiger partial charge on any atom is -0.394 e. The van der Waals surface area contributed by atoms with E-state index in [1.807, 2.05) is 4.90 Å². The lowest BCUT2D eigenvalue weighted by atomic mass is 10.1. The van der Waals surface area contributed by atoms with Gasteiger partial charge in [-0.25, -0.2) is 15.0 Å². The predicted molar refractivity (Wildman–Crippen MR) is 81.7 cm³/mol. The van der Waals surface area contributed by atoms with Gasteiger partial charge in [0.15, 0.2) is 5.65 Å². The highest BCUT2D eigenvalue weighted by Crippen LogP contribution is 2.40. The number of aromatic nitrogens is 4. The Kier molecular flexibility index (Phi) is 3.95. The minimum absolute atomic E-state index is 0.395. The summed E-state index contributed by atoms with van der Waals surface area (Å²) in [6, 6.07) is 0. The third kappa shape index (κ3) is 2.15. The number of hydrogen-bond acceptors (Lipinski definition) is 9. The molecule has 2 aliphatic heterocycles. The van der Waals surface area contributed by atoms with E-state index in [1.54, 1.807) is 10.8 Å². The van der Waals surface area contributed by atoms with Crippen molar-refractivity contribution in [2.75, 3.05) is 32.8 Å². The second-order valence-electron chi connectivity index (χ2n) is 6.02. The number of fused-ring (bicyclic) bond motifs is 1. The molecule has 0 aromatic carbocycles. The Morgan fingerprint density at radius 3 is 2.79 bits per heavy atom. The largest absolute Gasteiger partial charge is 0.394 e. The van der Waals surface area contributed by atoms with Crippen LogP contribution < -0.4 is 5.32 Å². The van der Waals surface area contributed by atoms with E-state index >= 15 is 0 Å². The normalized spacial score (nSPS) is 34.9. The van der Waals surface area contributed by atoms with Crippen molar-refractivity contribution in [2.24, 2.45) is 0 Å². The highest BCUT2D eigenvalue weighted by molar-refractivity contribution is 5.69. The maximum absolute atomic E-state index is 10.9. The first-order chi connectivity index (χ1) is 11.7. The molecule has 0 bridgehead atoms. The topological polar surface area (TPSA) is 129 Å². The van der Waals surface area contributed by atoms with Crippen molar-refractivity contribution >= 4 is 11.2 Å². The molecule has 4 atom stereocenters. The van der Waals surface area contributed by atoms with E-state index in [0.717, 1.165) is 13.1 Å². The molecule has 0 spiro atoms. The molecule has 2 aliphatic rings. The SMILES string of the molecule is OC[C@H]1OC(N2CCNCC2)(n2cnc3cncnc32)[C@H](O)[C@@H]1O. The van der Waals surface area contributed by atoms with Crippen LogP contribution in [0.4, 0.5) is 0 Å². The van der Waals surface area contributed by atoms with Crippen LogP contribution >= 0.6 is 0 Å². The van der Waals surface area contributed by atoms with E-state index in [9.17, 15) is 15.3 Å². The van der Waals surface area contributed by atoms with Gasteiger partial charge in [-0.2, -0.15) is 0 Å². The van der Waals surface area contributed by atoms with Crippen molar-refractivity contribution in [3.63, 3.8) is 0 Å². The molecule has 4 rings (SSSR count). The molecule has 0 aliphatic carbocycles. The fraction of sp³-hybridized carbons (Fsp3) is 0.643. The smallest absolute Gasteiger partial charge is 0.237 e. The number of aliphatic hydroxyl groups excluding tert-OH is 3. The van der Waals surface area contributed by atoms with Crippen LogP contribution in [0.25, 0.3) is 11.2 Å². The lowest BCUT2D eigenvalue weighted by Crippen LogP contribution is -2.62. The summed E-state index contributed by atoms with van der Waals surface area (Å²) in [4.78, 5) is 14.4. The summed E-state index contributed by atoms with van der Waals surface area (Å²) >= 11 is 0. The van der Waals surface area contributed by atoms with E-state index in [-0.39, 0.29) is 0 Å². The highest BCUT2D eigenvalue weighted by Gasteiger charge is 2.59. The third-order valence-corrected chi connectivity index (χ3v) is 4.72. The summed E-state index contributed by atoms with van der Waals surface area (Å²) in [5, 5.41) is 34.0. The van der Waals surface area contributed by atoms with Gasteiger partial charge in [0.2, 0.25) is 5.85 Å². The second-order valence-corrected chi connectivity index (χ2v) is 6.02.